The number of rotatable bonds is 2. The van der Waals surface area contributed by atoms with Crippen molar-refractivity contribution in [2.24, 2.45) is 0 Å². The van der Waals surface area contributed by atoms with Crippen molar-refractivity contribution in [1.82, 2.24) is 0 Å². The number of hydrogen-bond acceptors (Lipinski definition) is 3. The second-order valence-electron chi connectivity index (χ2n) is 5.83. The normalized spacial score (nSPS) is 10.9. The molecule has 0 bridgehead atoms. The molecule has 2 aromatic rings. The quantitative estimate of drug-likeness (QED) is 0.801. The Bertz CT molecular complexity index is 661. The number of para-hydroxylation sites is 1. The molecule has 3 nitrogen and oxygen atoms in total. The van der Waals surface area contributed by atoms with Crippen molar-refractivity contribution in [2.75, 3.05) is 11.1 Å². The lowest BCUT2D eigenvalue weighted by atomic mass is 9.86. The van der Waals surface area contributed by atoms with E-state index in [4.69, 9.17) is 11.0 Å². The molecule has 0 atom stereocenters. The highest BCUT2D eigenvalue weighted by Gasteiger charge is 2.17. The lowest BCUT2D eigenvalue weighted by molar-refractivity contribution is 0.592. The molecular formula is C17H19N3. The van der Waals surface area contributed by atoms with Gasteiger partial charge in [0.25, 0.3) is 0 Å². The summed E-state index contributed by atoms with van der Waals surface area (Å²) in [7, 11) is 0. The molecule has 0 spiro atoms. The maximum atomic E-state index is 8.87. The molecule has 3 heteroatoms. The van der Waals surface area contributed by atoms with Gasteiger partial charge >= 0.3 is 0 Å². The number of nitrogens with two attached hydrogens (primary N) is 1. The average molecular weight is 265 g/mol. The van der Waals surface area contributed by atoms with Gasteiger partial charge in [-0.25, -0.2) is 0 Å². The van der Waals surface area contributed by atoms with Gasteiger partial charge in [-0.1, -0.05) is 39.0 Å². The molecule has 0 aliphatic carbocycles. The molecule has 0 fully saturated rings. The fourth-order valence-corrected chi connectivity index (χ4v) is 2.14. The predicted molar refractivity (Wildman–Crippen MR) is 84.0 cm³/mol. The third kappa shape index (κ3) is 2.92. The Morgan fingerprint density at radius 2 is 1.75 bits per heavy atom. The van der Waals surface area contributed by atoms with E-state index in [0.29, 0.717) is 11.3 Å². The molecule has 0 unspecified atom stereocenters. The van der Waals surface area contributed by atoms with Crippen molar-refractivity contribution in [2.45, 2.75) is 26.2 Å². The Morgan fingerprint density at radius 1 is 1.05 bits per heavy atom. The van der Waals surface area contributed by atoms with Gasteiger partial charge in [0, 0.05) is 5.69 Å². The van der Waals surface area contributed by atoms with Crippen LogP contribution in [0.25, 0.3) is 0 Å². The number of nitrogen functional groups attached to an aromatic ring is 1. The smallest absolute Gasteiger partial charge is 0.0992 e. The fraction of sp³-hybridized carbons (Fsp3) is 0.235. The molecule has 0 radical (unpaired) electrons. The Balaban J connectivity index is 2.39. The van der Waals surface area contributed by atoms with Gasteiger partial charge in [0.15, 0.2) is 0 Å². The molecular weight excluding hydrogens is 246 g/mol. The molecule has 102 valence electrons. The van der Waals surface area contributed by atoms with Crippen molar-refractivity contribution < 1.29 is 0 Å². The zero-order chi connectivity index (χ0) is 14.8. The highest BCUT2D eigenvalue weighted by atomic mass is 14.9. The maximum absolute atomic E-state index is 8.87. The molecule has 0 aliphatic heterocycles. The fourth-order valence-electron chi connectivity index (χ4n) is 2.14. The molecule has 0 heterocycles. The monoisotopic (exact) mass is 265 g/mol. The van der Waals surface area contributed by atoms with Gasteiger partial charge in [-0.2, -0.15) is 5.26 Å². The van der Waals surface area contributed by atoms with Crippen LogP contribution in [0.1, 0.15) is 31.9 Å². The highest BCUT2D eigenvalue weighted by Crippen LogP contribution is 2.32. The van der Waals surface area contributed by atoms with E-state index in [1.807, 2.05) is 24.3 Å². The van der Waals surface area contributed by atoms with Gasteiger partial charge in [0.05, 0.1) is 23.0 Å². The summed E-state index contributed by atoms with van der Waals surface area (Å²) >= 11 is 0. The lowest BCUT2D eigenvalue weighted by Gasteiger charge is -2.23. The Morgan fingerprint density at radius 3 is 2.35 bits per heavy atom. The molecule has 3 N–H and O–H groups in total. The van der Waals surface area contributed by atoms with Crippen LogP contribution in [0, 0.1) is 11.3 Å². The van der Waals surface area contributed by atoms with Crippen LogP contribution in [0.4, 0.5) is 17.1 Å². The van der Waals surface area contributed by atoms with Crippen molar-refractivity contribution in [3.63, 3.8) is 0 Å². The minimum atomic E-state index is 0.0466. The summed E-state index contributed by atoms with van der Waals surface area (Å²) in [5, 5.41) is 12.2. The summed E-state index contributed by atoms with van der Waals surface area (Å²) in [6, 6.07) is 15.6. The Labute approximate surface area is 120 Å². The van der Waals surface area contributed by atoms with E-state index < -0.39 is 0 Å². The van der Waals surface area contributed by atoms with Gasteiger partial charge in [-0.05, 0) is 35.2 Å². The summed E-state index contributed by atoms with van der Waals surface area (Å²) in [6.07, 6.45) is 0. The summed E-state index contributed by atoms with van der Waals surface area (Å²) in [6.45, 7) is 6.53. The SMILES string of the molecule is CC(C)(C)c1ccccc1Nc1ccc(C#N)cc1N. The first kappa shape index (κ1) is 14.0. The molecule has 0 saturated heterocycles. The third-order valence-corrected chi connectivity index (χ3v) is 3.19. The van der Waals surface area contributed by atoms with Crippen LogP contribution < -0.4 is 11.1 Å². The second-order valence-corrected chi connectivity index (χ2v) is 5.83. The summed E-state index contributed by atoms with van der Waals surface area (Å²) in [4.78, 5) is 0. The van der Waals surface area contributed by atoms with Crippen LogP contribution in [-0.4, -0.2) is 0 Å². The van der Waals surface area contributed by atoms with E-state index in [0.717, 1.165) is 11.4 Å². The van der Waals surface area contributed by atoms with Gasteiger partial charge in [-0.3, -0.25) is 0 Å². The van der Waals surface area contributed by atoms with Gasteiger partial charge in [-0.15, -0.1) is 0 Å². The van der Waals surface area contributed by atoms with E-state index in [1.54, 1.807) is 12.1 Å². The third-order valence-electron chi connectivity index (χ3n) is 3.19. The molecule has 0 saturated carbocycles. The zero-order valence-electron chi connectivity index (χ0n) is 12.1. The van der Waals surface area contributed by atoms with E-state index >= 15 is 0 Å². The molecule has 0 amide bonds. The molecule has 20 heavy (non-hydrogen) atoms. The van der Waals surface area contributed by atoms with Crippen molar-refractivity contribution in [1.29, 1.82) is 5.26 Å². The first-order valence-electron chi connectivity index (χ1n) is 6.58. The molecule has 2 rings (SSSR count). The van der Waals surface area contributed by atoms with Crippen LogP contribution in [-0.2, 0) is 5.41 Å². The first-order valence-corrected chi connectivity index (χ1v) is 6.58. The zero-order valence-corrected chi connectivity index (χ0v) is 12.1. The second kappa shape index (κ2) is 5.26. The standard InChI is InChI=1S/C17H19N3/c1-17(2,3)13-6-4-5-7-15(13)20-16-9-8-12(11-18)10-14(16)19/h4-10,20H,19H2,1-3H3. The first-order chi connectivity index (χ1) is 9.41. The van der Waals surface area contributed by atoms with Gasteiger partial charge < -0.3 is 11.1 Å². The van der Waals surface area contributed by atoms with E-state index in [2.05, 4.69) is 38.2 Å². The van der Waals surface area contributed by atoms with Crippen LogP contribution in [0.5, 0.6) is 0 Å². The number of nitrogens with zero attached hydrogens (tertiary/aromatic N) is 1. The van der Waals surface area contributed by atoms with Crippen molar-refractivity contribution in [3.8, 4) is 6.07 Å². The molecule has 2 aromatic carbocycles. The van der Waals surface area contributed by atoms with Crippen LogP contribution in [0.2, 0.25) is 0 Å². The Hall–Kier alpha value is -2.47. The summed E-state index contributed by atoms with van der Waals surface area (Å²) in [5.41, 5.74) is 10.3. The number of nitriles is 1. The number of benzene rings is 2. The van der Waals surface area contributed by atoms with E-state index in [9.17, 15) is 0 Å². The summed E-state index contributed by atoms with van der Waals surface area (Å²) in [5.74, 6) is 0. The minimum absolute atomic E-state index is 0.0466. The number of anilines is 3. The van der Waals surface area contributed by atoms with Gasteiger partial charge in [0.1, 0.15) is 0 Å². The Kier molecular flexibility index (Phi) is 3.67. The predicted octanol–water partition coefficient (Wildman–Crippen LogP) is 4.18. The highest BCUT2D eigenvalue weighted by molar-refractivity contribution is 5.75. The largest absolute Gasteiger partial charge is 0.397 e. The average Bonchev–Trinajstić information content (AvgIpc) is 2.40. The molecule has 0 aliphatic rings. The van der Waals surface area contributed by atoms with Crippen LogP contribution in [0.3, 0.4) is 0 Å². The van der Waals surface area contributed by atoms with Gasteiger partial charge in [0.2, 0.25) is 0 Å². The van der Waals surface area contributed by atoms with Crippen molar-refractivity contribution in [3.05, 3.63) is 53.6 Å². The topological polar surface area (TPSA) is 61.8 Å². The molecule has 0 aromatic heterocycles. The van der Waals surface area contributed by atoms with Crippen LogP contribution >= 0.6 is 0 Å². The van der Waals surface area contributed by atoms with E-state index in [-0.39, 0.29) is 5.41 Å². The number of hydrogen-bond donors (Lipinski definition) is 2. The lowest BCUT2D eigenvalue weighted by Crippen LogP contribution is -2.13. The van der Waals surface area contributed by atoms with E-state index in [1.165, 1.54) is 5.56 Å². The summed E-state index contributed by atoms with van der Waals surface area (Å²) < 4.78 is 0. The van der Waals surface area contributed by atoms with Crippen LogP contribution in [0.15, 0.2) is 42.5 Å². The van der Waals surface area contributed by atoms with Crippen molar-refractivity contribution >= 4 is 17.1 Å². The number of nitrogens with one attached hydrogen (secondary N) is 1. The maximum Gasteiger partial charge on any atom is 0.0992 e. The minimum Gasteiger partial charge on any atom is -0.397 e.